The fraction of sp³-hybridized carbons (Fsp3) is 0. The van der Waals surface area contributed by atoms with Crippen LogP contribution in [0.3, 0.4) is 0 Å². The summed E-state index contributed by atoms with van der Waals surface area (Å²) in [5.41, 5.74) is 0. The van der Waals surface area contributed by atoms with Gasteiger partial charge in [-0.3, -0.25) is 0 Å². The average molecular weight is 267 g/mol. The molecule has 69 valence electrons. The average Bonchev–Trinajstić information content (AvgIpc) is 2.26. The summed E-state index contributed by atoms with van der Waals surface area (Å²) < 4.78 is 0. The summed E-state index contributed by atoms with van der Waals surface area (Å²) >= 11 is 0. The van der Waals surface area contributed by atoms with Gasteiger partial charge < -0.3 is 0 Å². The molecule has 0 N–H and O–H groups in total. The van der Waals surface area contributed by atoms with Gasteiger partial charge in [0.25, 0.3) is 0 Å². The number of hydrogen-bond acceptors (Lipinski definition) is 6. The summed E-state index contributed by atoms with van der Waals surface area (Å²) in [6, 6.07) is 0. The maximum Gasteiger partial charge on any atom is 2.00 e. The fourth-order valence-electron chi connectivity index (χ4n) is 0.265. The van der Waals surface area contributed by atoms with Crippen LogP contribution in [-0.4, -0.2) is 0 Å². The molecule has 0 spiro atoms. The van der Waals surface area contributed by atoms with Gasteiger partial charge in [0.05, 0.1) is 0 Å². The molecular weight excluding hydrogens is 267 g/mol. The summed E-state index contributed by atoms with van der Waals surface area (Å²) in [5, 5.41) is 51.5. The van der Waals surface area contributed by atoms with Crippen LogP contribution in [0.15, 0.2) is 0 Å². The Morgan fingerprint density at radius 2 is 0.643 bits per heavy atom. The second-order valence-electron chi connectivity index (χ2n) is 1.80. The maximum absolute atomic E-state index is 8.58. The van der Waals surface area contributed by atoms with E-state index in [9.17, 15) is 0 Å². The number of nitriles is 6. The fourth-order valence-corrected chi connectivity index (χ4v) is 1.09. The molecule has 14 heavy (non-hydrogen) atoms. The molecule has 0 aliphatic rings. The van der Waals surface area contributed by atoms with Gasteiger partial charge in [-0.1, -0.05) is 0 Å². The zero-order chi connectivity index (χ0) is 10.7. The topological polar surface area (TPSA) is 143 Å². The van der Waals surface area contributed by atoms with Crippen molar-refractivity contribution in [3.8, 4) is 29.8 Å². The molecule has 0 fully saturated rings. The SMILES string of the molecule is N#[C][Fe-2]([C]#N)([C]#N)([C]#N)([C]#N)[C]#N.[Mn+2]. The van der Waals surface area contributed by atoms with E-state index in [4.69, 9.17) is 31.6 Å². The van der Waals surface area contributed by atoms with Gasteiger partial charge in [-0.15, -0.1) is 0 Å². The predicted molar refractivity (Wildman–Crippen MR) is 33.7 cm³/mol. The van der Waals surface area contributed by atoms with Crippen LogP contribution in [0.2, 0.25) is 0 Å². The van der Waals surface area contributed by atoms with E-state index in [1.807, 2.05) is 0 Å². The van der Waals surface area contributed by atoms with Gasteiger partial charge in [0.1, 0.15) is 0 Å². The molecule has 0 atom stereocenters. The molecule has 0 unspecified atom stereocenters. The monoisotopic (exact) mass is 267 g/mol. The van der Waals surface area contributed by atoms with Crippen molar-refractivity contribution >= 4 is 0 Å². The van der Waals surface area contributed by atoms with Crippen LogP contribution in [0.1, 0.15) is 0 Å². The van der Waals surface area contributed by atoms with Gasteiger partial charge in [0.15, 0.2) is 0 Å². The van der Waals surface area contributed by atoms with Crippen molar-refractivity contribution in [1.29, 1.82) is 31.6 Å². The first-order chi connectivity index (χ1) is 5.97. The zero-order valence-electron chi connectivity index (χ0n) is 6.41. The Labute approximate surface area is 89.2 Å². The second-order valence-corrected chi connectivity index (χ2v) is 7.42. The van der Waals surface area contributed by atoms with Crippen LogP contribution >= 0.6 is 0 Å². The van der Waals surface area contributed by atoms with E-state index in [2.05, 4.69) is 0 Å². The van der Waals surface area contributed by atoms with Crippen molar-refractivity contribution in [1.82, 2.24) is 0 Å². The van der Waals surface area contributed by atoms with Crippen LogP contribution in [0.5, 0.6) is 0 Å². The molecule has 0 amide bonds. The molecule has 0 aromatic heterocycles. The van der Waals surface area contributed by atoms with E-state index >= 15 is 0 Å². The van der Waals surface area contributed by atoms with E-state index in [0.29, 0.717) is 0 Å². The second kappa shape index (κ2) is 3.04. The minimum Gasteiger partial charge on any atom is 2.00 e. The van der Waals surface area contributed by atoms with Gasteiger partial charge in [-0.2, -0.15) is 0 Å². The quantitative estimate of drug-likeness (QED) is 0.569. The van der Waals surface area contributed by atoms with Crippen molar-refractivity contribution in [2.24, 2.45) is 0 Å². The van der Waals surface area contributed by atoms with Crippen LogP contribution in [0.4, 0.5) is 0 Å². The molecule has 0 bridgehead atoms. The molecule has 0 aromatic rings. The third-order valence-electron chi connectivity index (χ3n) is 1.19. The van der Waals surface area contributed by atoms with Crippen molar-refractivity contribution < 1.29 is 27.8 Å². The van der Waals surface area contributed by atoms with Crippen molar-refractivity contribution in [2.45, 2.75) is 0 Å². The molecule has 0 aromatic carbocycles. The molecule has 0 saturated carbocycles. The Hall–Kier alpha value is -2.02. The summed E-state index contributed by atoms with van der Waals surface area (Å²) in [5.74, 6) is 0. The largest absolute Gasteiger partial charge is 2.00 e. The first-order valence-corrected chi connectivity index (χ1v) is 5.71. The van der Waals surface area contributed by atoms with Gasteiger partial charge in [-0.05, 0) is 0 Å². The Bertz CT molecular complexity index is 392. The van der Waals surface area contributed by atoms with Gasteiger partial charge >= 0.3 is 89.2 Å². The van der Waals surface area contributed by atoms with E-state index in [0.717, 1.165) is 29.8 Å². The third kappa shape index (κ3) is 1.03. The van der Waals surface area contributed by atoms with Gasteiger partial charge in [0.2, 0.25) is 0 Å². The molecule has 0 aliphatic carbocycles. The molecular formula is C6FeMnN6. The van der Waals surface area contributed by atoms with Crippen molar-refractivity contribution in [3.63, 3.8) is 0 Å². The predicted octanol–water partition coefficient (Wildman–Crippen LogP) is 0.0957. The molecule has 0 heterocycles. The van der Waals surface area contributed by atoms with Crippen LogP contribution in [0.25, 0.3) is 0 Å². The molecule has 6 nitrogen and oxygen atoms in total. The summed E-state index contributed by atoms with van der Waals surface area (Å²) in [6.07, 6.45) is 0. The Kier molecular flexibility index (Phi) is 3.14. The Morgan fingerprint density at radius 3 is 0.643 bits per heavy atom. The van der Waals surface area contributed by atoms with E-state index < -0.39 is 10.7 Å². The van der Waals surface area contributed by atoms with Crippen LogP contribution in [-0.2, 0) is 27.8 Å². The van der Waals surface area contributed by atoms with Gasteiger partial charge in [0, 0.05) is 0 Å². The van der Waals surface area contributed by atoms with Gasteiger partial charge in [-0.25, -0.2) is 0 Å². The first-order valence-electron chi connectivity index (χ1n) is 2.40. The Morgan fingerprint density at radius 1 is 0.500 bits per heavy atom. The summed E-state index contributed by atoms with van der Waals surface area (Å²) in [6.45, 7) is 0. The normalized spacial score (nSPS) is 12.4. The first kappa shape index (κ1) is 14.5. The molecule has 0 aliphatic heterocycles. The zero-order valence-corrected chi connectivity index (χ0v) is 8.70. The summed E-state index contributed by atoms with van der Waals surface area (Å²) in [4.78, 5) is 6.19. The maximum atomic E-state index is 8.58. The number of nitrogens with zero attached hydrogens (tertiary/aromatic N) is 6. The minimum absolute atomic E-state index is 0. The van der Waals surface area contributed by atoms with Crippen molar-refractivity contribution in [3.05, 3.63) is 0 Å². The molecule has 8 heteroatoms. The third-order valence-corrected chi connectivity index (χ3v) is 4.89. The van der Waals surface area contributed by atoms with Crippen LogP contribution < -0.4 is 0 Å². The molecule has 0 saturated heterocycles. The van der Waals surface area contributed by atoms with Crippen LogP contribution in [0, 0.1) is 61.4 Å². The number of hydrogen-bond donors (Lipinski definition) is 0. The van der Waals surface area contributed by atoms with E-state index in [1.54, 1.807) is 0 Å². The van der Waals surface area contributed by atoms with Crippen molar-refractivity contribution in [2.75, 3.05) is 0 Å². The summed E-state index contributed by atoms with van der Waals surface area (Å²) in [7, 11) is -6.17. The smallest absolute Gasteiger partial charge is 2.00 e. The minimum atomic E-state index is -6.17. The standard InChI is InChI=1S/6CN.Fe.Mn/c6*1-2;;/q;;;;;;-2;+2. The molecule has 1 radical (unpaired) electrons. The molecule has 0 rings (SSSR count). The van der Waals surface area contributed by atoms with E-state index in [1.165, 1.54) is 0 Å². The number of rotatable bonds is 0. The van der Waals surface area contributed by atoms with E-state index in [-0.39, 0.29) is 17.1 Å². The Balaban J connectivity index is 0.